The molecule has 4 nitrogen and oxygen atoms in total. The van der Waals surface area contributed by atoms with E-state index in [0.717, 1.165) is 24.2 Å². The number of nitrogens with zero attached hydrogens (tertiary/aromatic N) is 2. The molecule has 0 atom stereocenters. The lowest BCUT2D eigenvalue weighted by molar-refractivity contribution is 0.921. The van der Waals surface area contributed by atoms with Crippen molar-refractivity contribution in [2.75, 3.05) is 11.9 Å². The molecule has 4 heteroatoms. The number of nitrogens with one attached hydrogen (secondary N) is 1. The lowest BCUT2D eigenvalue weighted by atomic mass is 10.1. The highest BCUT2D eigenvalue weighted by atomic mass is 15.1. The van der Waals surface area contributed by atoms with Gasteiger partial charge in [-0.05, 0) is 36.2 Å². The fourth-order valence-electron chi connectivity index (χ4n) is 1.85. The molecule has 104 valence electrons. The second kappa shape index (κ2) is 7.28. The molecule has 1 heterocycles. The average Bonchev–Trinajstić information content (AvgIpc) is 2.49. The topological polar surface area (TPSA) is 63.3 Å². The molecule has 2 rings (SSSR count). The Morgan fingerprint density at radius 1 is 1.20 bits per heavy atom. The number of pyridine rings is 1. The lowest BCUT2D eigenvalue weighted by Crippen LogP contribution is -2.23. The molecule has 20 heavy (non-hydrogen) atoms. The van der Waals surface area contributed by atoms with E-state index in [2.05, 4.69) is 34.3 Å². The average molecular weight is 268 g/mol. The Labute approximate surface area is 119 Å². The van der Waals surface area contributed by atoms with Crippen molar-refractivity contribution in [3.05, 3.63) is 59.9 Å². The molecule has 0 aliphatic rings. The third-order valence-electron chi connectivity index (χ3n) is 3.01. The van der Waals surface area contributed by atoms with Crippen LogP contribution < -0.4 is 11.1 Å². The van der Waals surface area contributed by atoms with Crippen molar-refractivity contribution in [3.8, 4) is 0 Å². The molecule has 0 fully saturated rings. The lowest BCUT2D eigenvalue weighted by Gasteiger charge is -2.06. The Morgan fingerprint density at radius 3 is 2.65 bits per heavy atom. The van der Waals surface area contributed by atoms with E-state index in [-0.39, 0.29) is 0 Å². The van der Waals surface area contributed by atoms with Gasteiger partial charge >= 0.3 is 0 Å². The summed E-state index contributed by atoms with van der Waals surface area (Å²) in [5, 5.41) is 3.09. The van der Waals surface area contributed by atoms with Gasteiger partial charge in [0.25, 0.3) is 0 Å². The highest BCUT2D eigenvalue weighted by Crippen LogP contribution is 2.09. The molecular formula is C16H20N4. The van der Waals surface area contributed by atoms with E-state index in [9.17, 15) is 0 Å². The maximum atomic E-state index is 5.86. The van der Waals surface area contributed by atoms with Crippen LogP contribution in [0.5, 0.6) is 0 Å². The molecule has 0 spiro atoms. The quantitative estimate of drug-likeness (QED) is 0.647. The Bertz CT molecular complexity index is 546. The van der Waals surface area contributed by atoms with Gasteiger partial charge in [-0.2, -0.15) is 0 Å². The van der Waals surface area contributed by atoms with Crippen LogP contribution in [-0.2, 0) is 12.8 Å². The van der Waals surface area contributed by atoms with Gasteiger partial charge in [0.1, 0.15) is 0 Å². The Kier molecular flexibility index (Phi) is 5.12. The van der Waals surface area contributed by atoms with Crippen molar-refractivity contribution >= 4 is 11.6 Å². The largest absolute Gasteiger partial charge is 0.370 e. The standard InChI is InChI=1S/C16H20N4/c1-2-13-6-8-15(9-7-13)20-16(17)19-12-10-14-5-3-4-11-18-14/h3-9,11H,2,10,12H2,1H3,(H3,17,19,20). The van der Waals surface area contributed by atoms with Crippen LogP contribution in [0.3, 0.4) is 0 Å². The van der Waals surface area contributed by atoms with Crippen molar-refractivity contribution in [1.82, 2.24) is 4.98 Å². The Balaban J connectivity index is 1.84. The minimum atomic E-state index is 0.435. The van der Waals surface area contributed by atoms with E-state index >= 15 is 0 Å². The predicted molar refractivity (Wildman–Crippen MR) is 83.9 cm³/mol. The predicted octanol–water partition coefficient (Wildman–Crippen LogP) is 2.61. The minimum absolute atomic E-state index is 0.435. The van der Waals surface area contributed by atoms with Gasteiger partial charge in [-0.15, -0.1) is 0 Å². The first-order valence-electron chi connectivity index (χ1n) is 6.83. The first-order chi connectivity index (χ1) is 9.78. The summed E-state index contributed by atoms with van der Waals surface area (Å²) in [6.07, 6.45) is 3.61. The number of aromatic nitrogens is 1. The number of anilines is 1. The van der Waals surface area contributed by atoms with E-state index in [1.807, 2.05) is 30.3 Å². The number of hydrogen-bond donors (Lipinski definition) is 2. The van der Waals surface area contributed by atoms with Crippen LogP contribution in [0, 0.1) is 0 Å². The van der Waals surface area contributed by atoms with Gasteiger partial charge in [-0.3, -0.25) is 9.98 Å². The van der Waals surface area contributed by atoms with Gasteiger partial charge in [0.05, 0.1) is 0 Å². The summed E-state index contributed by atoms with van der Waals surface area (Å²) in [4.78, 5) is 8.55. The van der Waals surface area contributed by atoms with Crippen molar-refractivity contribution in [2.45, 2.75) is 19.8 Å². The van der Waals surface area contributed by atoms with Crippen LogP contribution in [0.15, 0.2) is 53.7 Å². The fraction of sp³-hybridized carbons (Fsp3) is 0.250. The monoisotopic (exact) mass is 268 g/mol. The normalized spacial score (nSPS) is 11.3. The van der Waals surface area contributed by atoms with Crippen LogP contribution >= 0.6 is 0 Å². The second-order valence-electron chi connectivity index (χ2n) is 4.51. The summed E-state index contributed by atoms with van der Waals surface area (Å²) in [5.41, 5.74) is 9.15. The SMILES string of the molecule is CCc1ccc(NC(N)=NCCc2ccccn2)cc1. The molecule has 1 aromatic heterocycles. The van der Waals surface area contributed by atoms with Crippen molar-refractivity contribution in [1.29, 1.82) is 0 Å². The smallest absolute Gasteiger partial charge is 0.193 e. The molecule has 2 aromatic rings. The van der Waals surface area contributed by atoms with Crippen molar-refractivity contribution in [3.63, 3.8) is 0 Å². The second-order valence-corrected chi connectivity index (χ2v) is 4.51. The zero-order chi connectivity index (χ0) is 14.2. The number of aryl methyl sites for hydroxylation is 1. The van der Waals surface area contributed by atoms with E-state index in [4.69, 9.17) is 5.73 Å². The molecule has 1 aromatic carbocycles. The number of hydrogen-bond acceptors (Lipinski definition) is 2. The van der Waals surface area contributed by atoms with Gasteiger partial charge < -0.3 is 11.1 Å². The number of benzene rings is 1. The van der Waals surface area contributed by atoms with E-state index < -0.39 is 0 Å². The van der Waals surface area contributed by atoms with E-state index in [1.165, 1.54) is 5.56 Å². The number of guanidine groups is 1. The maximum Gasteiger partial charge on any atom is 0.193 e. The molecule has 0 aliphatic carbocycles. The summed E-state index contributed by atoms with van der Waals surface area (Å²) < 4.78 is 0. The first-order valence-corrected chi connectivity index (χ1v) is 6.83. The van der Waals surface area contributed by atoms with Gasteiger partial charge in [0.15, 0.2) is 5.96 Å². The third kappa shape index (κ3) is 4.39. The van der Waals surface area contributed by atoms with Crippen molar-refractivity contribution in [2.24, 2.45) is 10.7 Å². The van der Waals surface area contributed by atoms with Crippen LogP contribution in [0.25, 0.3) is 0 Å². The van der Waals surface area contributed by atoms with Gasteiger partial charge in [0.2, 0.25) is 0 Å². The first kappa shape index (κ1) is 14.1. The molecule has 0 unspecified atom stereocenters. The van der Waals surface area contributed by atoms with Gasteiger partial charge in [0, 0.05) is 30.5 Å². The van der Waals surface area contributed by atoms with Gasteiger partial charge in [-0.1, -0.05) is 25.1 Å². The zero-order valence-corrected chi connectivity index (χ0v) is 11.7. The maximum absolute atomic E-state index is 5.86. The molecular weight excluding hydrogens is 248 g/mol. The molecule has 0 aliphatic heterocycles. The summed E-state index contributed by atoms with van der Waals surface area (Å²) >= 11 is 0. The minimum Gasteiger partial charge on any atom is -0.370 e. The van der Waals surface area contributed by atoms with Crippen LogP contribution in [-0.4, -0.2) is 17.5 Å². The summed E-state index contributed by atoms with van der Waals surface area (Å²) in [5.74, 6) is 0.435. The molecule has 0 bridgehead atoms. The van der Waals surface area contributed by atoms with Crippen molar-refractivity contribution < 1.29 is 0 Å². The molecule has 0 saturated carbocycles. The number of aliphatic imine (C=N–C) groups is 1. The van der Waals surface area contributed by atoms with Crippen LogP contribution in [0.4, 0.5) is 5.69 Å². The summed E-state index contributed by atoms with van der Waals surface area (Å²) in [6.45, 7) is 2.76. The number of nitrogens with two attached hydrogens (primary N) is 1. The highest BCUT2D eigenvalue weighted by Gasteiger charge is 1.96. The summed E-state index contributed by atoms with van der Waals surface area (Å²) in [7, 11) is 0. The Hall–Kier alpha value is -2.36. The molecule has 0 radical (unpaired) electrons. The number of rotatable bonds is 5. The molecule has 3 N–H and O–H groups in total. The molecule has 0 saturated heterocycles. The van der Waals surface area contributed by atoms with Crippen LogP contribution in [0.2, 0.25) is 0 Å². The van der Waals surface area contributed by atoms with E-state index in [0.29, 0.717) is 12.5 Å². The third-order valence-corrected chi connectivity index (χ3v) is 3.01. The highest BCUT2D eigenvalue weighted by molar-refractivity contribution is 5.92. The van der Waals surface area contributed by atoms with Crippen LogP contribution in [0.1, 0.15) is 18.2 Å². The Morgan fingerprint density at radius 2 is 2.00 bits per heavy atom. The zero-order valence-electron chi connectivity index (χ0n) is 11.7. The summed E-state index contributed by atoms with van der Waals surface area (Å²) in [6, 6.07) is 14.1. The van der Waals surface area contributed by atoms with Gasteiger partial charge in [-0.25, -0.2) is 0 Å². The van der Waals surface area contributed by atoms with E-state index in [1.54, 1.807) is 6.20 Å². The molecule has 0 amide bonds. The fourth-order valence-corrected chi connectivity index (χ4v) is 1.85.